The van der Waals surface area contributed by atoms with Crippen LogP contribution in [0.15, 0.2) is 55.1 Å². The Labute approximate surface area is 197 Å². The van der Waals surface area contributed by atoms with Crippen LogP contribution in [-0.4, -0.2) is 39.4 Å². The van der Waals surface area contributed by atoms with Crippen molar-refractivity contribution in [3.63, 3.8) is 0 Å². The summed E-state index contributed by atoms with van der Waals surface area (Å²) in [6, 6.07) is 10.9. The molecule has 2 N–H and O–H groups in total. The molecule has 0 saturated heterocycles. The van der Waals surface area contributed by atoms with Gasteiger partial charge in [0.05, 0.1) is 22.5 Å². The number of anilines is 1. The summed E-state index contributed by atoms with van der Waals surface area (Å²) < 4.78 is 13.9. The Balaban J connectivity index is 1.52. The van der Waals surface area contributed by atoms with Crippen LogP contribution in [0, 0.1) is 18.7 Å². The van der Waals surface area contributed by atoms with Crippen LogP contribution in [0.4, 0.5) is 10.2 Å². The largest absolute Gasteiger partial charge is 0.370 e. The van der Waals surface area contributed by atoms with Gasteiger partial charge in [-0.2, -0.15) is 0 Å². The summed E-state index contributed by atoms with van der Waals surface area (Å²) in [4.78, 5) is 29.5. The van der Waals surface area contributed by atoms with Gasteiger partial charge in [-0.1, -0.05) is 32.0 Å². The van der Waals surface area contributed by atoms with Crippen molar-refractivity contribution in [3.05, 3.63) is 77.8 Å². The number of rotatable bonds is 7. The second kappa shape index (κ2) is 9.91. The molecule has 34 heavy (non-hydrogen) atoms. The van der Waals surface area contributed by atoms with Gasteiger partial charge in [-0.3, -0.25) is 14.8 Å². The van der Waals surface area contributed by atoms with Gasteiger partial charge in [0.1, 0.15) is 18.0 Å². The highest BCUT2D eigenvalue weighted by Gasteiger charge is 2.19. The molecule has 1 aromatic carbocycles. The highest BCUT2D eigenvalue weighted by Crippen LogP contribution is 2.31. The number of fused-ring (bicyclic) bond motifs is 1. The molecule has 0 radical (unpaired) electrons. The number of aromatic nitrogens is 4. The quantitative estimate of drug-likeness (QED) is 0.415. The van der Waals surface area contributed by atoms with E-state index in [1.165, 1.54) is 12.4 Å². The molecule has 0 aliphatic rings. The molecule has 0 aliphatic carbocycles. The van der Waals surface area contributed by atoms with Crippen LogP contribution < -0.4 is 10.6 Å². The van der Waals surface area contributed by atoms with Crippen molar-refractivity contribution >= 4 is 22.6 Å². The first-order chi connectivity index (χ1) is 16.4. The fourth-order valence-electron chi connectivity index (χ4n) is 3.91. The molecule has 0 saturated carbocycles. The number of aryl methyl sites for hydroxylation is 1. The fraction of sp³-hybridized carbons (Fsp3) is 0.269. The second-order valence-corrected chi connectivity index (χ2v) is 8.41. The van der Waals surface area contributed by atoms with E-state index in [9.17, 15) is 9.18 Å². The van der Waals surface area contributed by atoms with Gasteiger partial charge in [-0.15, -0.1) is 0 Å². The van der Waals surface area contributed by atoms with E-state index in [2.05, 4.69) is 50.5 Å². The Morgan fingerprint density at radius 2 is 1.91 bits per heavy atom. The lowest BCUT2D eigenvalue weighted by Crippen LogP contribution is -2.19. The monoisotopic (exact) mass is 458 g/mol. The normalized spacial score (nSPS) is 12.9. The van der Waals surface area contributed by atoms with Gasteiger partial charge >= 0.3 is 0 Å². The Bertz CT molecular complexity index is 1340. The number of hydrogen-bond donors (Lipinski definition) is 2. The maximum absolute atomic E-state index is 13.9. The summed E-state index contributed by atoms with van der Waals surface area (Å²) in [5.74, 6) is 0.558. The molecular weight excluding hydrogens is 431 g/mol. The van der Waals surface area contributed by atoms with E-state index in [1.807, 2.05) is 12.1 Å². The first-order valence-corrected chi connectivity index (χ1v) is 11.2. The lowest BCUT2D eigenvalue weighted by Gasteiger charge is -2.22. The number of amides is 1. The zero-order chi connectivity index (χ0) is 24.2. The van der Waals surface area contributed by atoms with Gasteiger partial charge in [0.25, 0.3) is 5.91 Å². The number of pyridine rings is 2. The van der Waals surface area contributed by atoms with Gasteiger partial charge in [-0.25, -0.2) is 14.4 Å². The van der Waals surface area contributed by atoms with Gasteiger partial charge < -0.3 is 10.6 Å². The van der Waals surface area contributed by atoms with Gasteiger partial charge in [-0.05, 0) is 36.5 Å². The van der Waals surface area contributed by atoms with E-state index >= 15 is 0 Å². The number of carbonyl (C=O) groups excluding carboxylic acids is 1. The molecule has 7 nitrogen and oxygen atoms in total. The summed E-state index contributed by atoms with van der Waals surface area (Å²) in [7, 11) is 1.62. The van der Waals surface area contributed by atoms with Crippen molar-refractivity contribution in [2.24, 2.45) is 5.92 Å². The Morgan fingerprint density at radius 1 is 1.09 bits per heavy atom. The number of nitrogens with one attached hydrogen (secondary N) is 2. The Hall–Kier alpha value is -3.94. The van der Waals surface area contributed by atoms with Crippen molar-refractivity contribution in [2.45, 2.75) is 26.7 Å². The van der Waals surface area contributed by atoms with Crippen LogP contribution in [0.2, 0.25) is 0 Å². The number of nitrogens with zero attached hydrogens (tertiary/aromatic N) is 4. The highest BCUT2D eigenvalue weighted by molar-refractivity contribution is 6.06. The summed E-state index contributed by atoms with van der Waals surface area (Å²) in [5.41, 5.74) is 4.09. The number of benzene rings is 1. The maximum atomic E-state index is 13.9. The van der Waals surface area contributed by atoms with Crippen LogP contribution in [0.5, 0.6) is 0 Å². The van der Waals surface area contributed by atoms with E-state index in [4.69, 9.17) is 0 Å². The van der Waals surface area contributed by atoms with E-state index in [0.29, 0.717) is 34.9 Å². The number of halogens is 1. The van der Waals surface area contributed by atoms with Crippen LogP contribution in [-0.2, 0) is 0 Å². The zero-order valence-electron chi connectivity index (χ0n) is 19.6. The van der Waals surface area contributed by atoms with Crippen LogP contribution in [0.3, 0.4) is 0 Å². The van der Waals surface area contributed by atoms with Crippen LogP contribution >= 0.6 is 0 Å². The van der Waals surface area contributed by atoms with Crippen molar-refractivity contribution in [1.82, 2.24) is 25.3 Å². The summed E-state index contributed by atoms with van der Waals surface area (Å²) in [6.07, 6.45) is 4.74. The summed E-state index contributed by atoms with van der Waals surface area (Å²) in [5, 5.41) is 6.90. The third kappa shape index (κ3) is 4.71. The molecule has 0 fully saturated rings. The molecule has 2 atom stereocenters. The fourth-order valence-corrected chi connectivity index (χ4v) is 3.91. The molecule has 0 spiro atoms. The molecule has 174 valence electrons. The molecular formula is C26H27FN6O. The predicted molar refractivity (Wildman–Crippen MR) is 131 cm³/mol. The van der Waals surface area contributed by atoms with Crippen molar-refractivity contribution in [1.29, 1.82) is 0 Å². The second-order valence-electron chi connectivity index (χ2n) is 8.41. The SMILES string of the molecule is CNC(=O)c1ccnc2c([C@H](C)C(C)CNc3cc(-c4cnc(C)c(F)c4)ncn3)cccc12. The smallest absolute Gasteiger partial charge is 0.251 e. The first kappa shape index (κ1) is 23.2. The van der Waals surface area contributed by atoms with E-state index in [0.717, 1.165) is 16.5 Å². The molecule has 3 heterocycles. The van der Waals surface area contributed by atoms with Crippen molar-refractivity contribution < 1.29 is 9.18 Å². The lowest BCUT2D eigenvalue weighted by molar-refractivity contribution is 0.0964. The van der Waals surface area contributed by atoms with E-state index in [1.54, 1.807) is 38.5 Å². The highest BCUT2D eigenvalue weighted by atomic mass is 19.1. The molecule has 1 unspecified atom stereocenters. The van der Waals surface area contributed by atoms with E-state index < -0.39 is 0 Å². The third-order valence-electron chi connectivity index (χ3n) is 6.21. The Kier molecular flexibility index (Phi) is 6.77. The average molecular weight is 459 g/mol. The minimum Gasteiger partial charge on any atom is -0.370 e. The topological polar surface area (TPSA) is 92.7 Å². The molecule has 4 rings (SSSR count). The van der Waals surface area contributed by atoms with Crippen LogP contribution in [0.1, 0.15) is 41.4 Å². The predicted octanol–water partition coefficient (Wildman–Crippen LogP) is 4.75. The average Bonchev–Trinajstić information content (AvgIpc) is 2.87. The van der Waals surface area contributed by atoms with Crippen molar-refractivity contribution in [2.75, 3.05) is 18.9 Å². The van der Waals surface area contributed by atoms with Gasteiger partial charge in [0.2, 0.25) is 0 Å². The van der Waals surface area contributed by atoms with E-state index in [-0.39, 0.29) is 23.6 Å². The molecule has 1 amide bonds. The van der Waals surface area contributed by atoms with Gasteiger partial charge in [0.15, 0.2) is 0 Å². The minimum absolute atomic E-state index is 0.129. The number of hydrogen-bond acceptors (Lipinski definition) is 6. The zero-order valence-corrected chi connectivity index (χ0v) is 19.6. The molecule has 0 bridgehead atoms. The maximum Gasteiger partial charge on any atom is 0.251 e. The number of carbonyl (C=O) groups is 1. The molecule has 4 aromatic rings. The summed E-state index contributed by atoms with van der Waals surface area (Å²) >= 11 is 0. The standard InChI is InChI=1S/C26H27FN6O/c1-15(12-31-24-11-23(32-14-33-24)18-10-22(27)17(3)30-13-18)16(2)19-6-5-7-20-21(26(34)28-4)8-9-29-25(19)20/h5-11,13-16H,12H2,1-4H3,(H,28,34)(H,31,32,33)/t15?,16-/m1/s1. The van der Waals surface area contributed by atoms with Crippen molar-refractivity contribution in [3.8, 4) is 11.3 Å². The molecule has 8 heteroatoms. The third-order valence-corrected chi connectivity index (χ3v) is 6.21. The lowest BCUT2D eigenvalue weighted by atomic mass is 9.87. The number of para-hydroxylation sites is 1. The minimum atomic E-state index is -0.364. The summed E-state index contributed by atoms with van der Waals surface area (Å²) in [6.45, 7) is 6.59. The van der Waals surface area contributed by atoms with Gasteiger partial charge in [0, 0.05) is 43.0 Å². The van der Waals surface area contributed by atoms with Crippen LogP contribution in [0.25, 0.3) is 22.2 Å². The molecule has 3 aromatic heterocycles. The first-order valence-electron chi connectivity index (χ1n) is 11.2. The Morgan fingerprint density at radius 3 is 2.68 bits per heavy atom. The molecule has 0 aliphatic heterocycles.